The van der Waals surface area contributed by atoms with E-state index >= 15 is 0 Å². The summed E-state index contributed by atoms with van der Waals surface area (Å²) in [5.74, 6) is 0.281. The second-order valence-corrected chi connectivity index (χ2v) is 8.21. The zero-order chi connectivity index (χ0) is 15.8. The molecule has 6 heteroatoms. The fraction of sp³-hybridized carbons (Fsp3) is 0.867. The van der Waals surface area contributed by atoms with Gasteiger partial charge < -0.3 is 10.1 Å². The molecule has 2 saturated carbocycles. The van der Waals surface area contributed by atoms with E-state index in [-0.39, 0.29) is 18.6 Å². The smallest absolute Gasteiger partial charge is 0.315 e. The van der Waals surface area contributed by atoms with Gasteiger partial charge in [-0.15, -0.1) is 23.2 Å². The number of alkyl halides is 2. The van der Waals surface area contributed by atoms with Gasteiger partial charge in [-0.05, 0) is 25.2 Å². The van der Waals surface area contributed by atoms with Gasteiger partial charge in [-0.2, -0.15) is 0 Å². The molecule has 2 fully saturated rings. The summed E-state index contributed by atoms with van der Waals surface area (Å²) in [7, 11) is 0. The highest BCUT2D eigenvalue weighted by atomic mass is 35.5. The second-order valence-electron chi connectivity index (χ2n) is 6.73. The van der Waals surface area contributed by atoms with Crippen LogP contribution < -0.4 is 5.32 Å². The number of ether oxygens (including phenoxy) is 1. The number of rotatable bonds is 4. The summed E-state index contributed by atoms with van der Waals surface area (Å²) in [6, 6.07) is 0.164. The third kappa shape index (κ3) is 3.48. The van der Waals surface area contributed by atoms with Crippen molar-refractivity contribution in [1.29, 1.82) is 0 Å². The average molecular weight is 336 g/mol. The Morgan fingerprint density at radius 3 is 2.48 bits per heavy atom. The molecule has 0 saturated heterocycles. The van der Waals surface area contributed by atoms with Crippen LogP contribution in [0.1, 0.15) is 46.5 Å². The Balaban J connectivity index is 1.77. The minimum Gasteiger partial charge on any atom is -0.455 e. The molecule has 4 nitrogen and oxygen atoms in total. The van der Waals surface area contributed by atoms with Crippen molar-refractivity contribution in [3.8, 4) is 0 Å². The summed E-state index contributed by atoms with van der Waals surface area (Å²) in [4.78, 5) is 23.8. The molecule has 2 rings (SSSR count). The van der Waals surface area contributed by atoms with Crippen LogP contribution in [-0.2, 0) is 14.3 Å². The Kier molecular flexibility index (Phi) is 4.79. The maximum Gasteiger partial charge on any atom is 0.315 e. The quantitative estimate of drug-likeness (QED) is 0.634. The van der Waals surface area contributed by atoms with Crippen LogP contribution in [0.25, 0.3) is 0 Å². The molecule has 0 aromatic carbocycles. The van der Waals surface area contributed by atoms with E-state index in [4.69, 9.17) is 27.9 Å². The molecule has 0 aromatic heterocycles. The fourth-order valence-corrected chi connectivity index (χ4v) is 3.63. The molecule has 1 amide bonds. The first kappa shape index (κ1) is 16.9. The minimum absolute atomic E-state index is 0.164. The molecular formula is C15H23Cl2NO3. The van der Waals surface area contributed by atoms with Gasteiger partial charge in [-0.1, -0.05) is 26.7 Å². The van der Waals surface area contributed by atoms with E-state index in [1.54, 1.807) is 6.92 Å². The van der Waals surface area contributed by atoms with Crippen molar-refractivity contribution in [2.75, 3.05) is 6.61 Å². The molecule has 2 aliphatic carbocycles. The van der Waals surface area contributed by atoms with Crippen molar-refractivity contribution in [2.24, 2.45) is 17.3 Å². The molecule has 0 bridgehead atoms. The largest absolute Gasteiger partial charge is 0.455 e. The van der Waals surface area contributed by atoms with Gasteiger partial charge in [-0.25, -0.2) is 0 Å². The highest BCUT2D eigenvalue weighted by Gasteiger charge is 2.69. The van der Waals surface area contributed by atoms with Crippen LogP contribution in [0.2, 0.25) is 0 Å². The predicted molar refractivity (Wildman–Crippen MR) is 82.2 cm³/mol. The van der Waals surface area contributed by atoms with Crippen LogP contribution in [0.15, 0.2) is 0 Å². The average Bonchev–Trinajstić information content (AvgIpc) is 2.92. The summed E-state index contributed by atoms with van der Waals surface area (Å²) in [6.45, 7) is 5.74. The molecule has 0 aromatic rings. The van der Waals surface area contributed by atoms with Crippen LogP contribution in [0.4, 0.5) is 0 Å². The van der Waals surface area contributed by atoms with E-state index in [1.165, 1.54) is 6.42 Å². The van der Waals surface area contributed by atoms with Crippen molar-refractivity contribution >= 4 is 35.1 Å². The number of carbonyl (C=O) groups excluding carboxylic acids is 2. The number of carbonyl (C=O) groups is 2. The molecule has 2 aliphatic rings. The van der Waals surface area contributed by atoms with Crippen LogP contribution in [0.5, 0.6) is 0 Å². The lowest BCUT2D eigenvalue weighted by Crippen LogP contribution is -2.45. The maximum atomic E-state index is 11.9. The Morgan fingerprint density at radius 1 is 1.29 bits per heavy atom. The van der Waals surface area contributed by atoms with Gasteiger partial charge in [0.15, 0.2) is 6.61 Å². The molecule has 0 spiro atoms. The number of halogens is 2. The van der Waals surface area contributed by atoms with Crippen LogP contribution in [0.3, 0.4) is 0 Å². The van der Waals surface area contributed by atoms with Crippen molar-refractivity contribution in [2.45, 2.75) is 56.8 Å². The normalized spacial score (nSPS) is 37.7. The summed E-state index contributed by atoms with van der Waals surface area (Å²) in [5.41, 5.74) is -0.886. The van der Waals surface area contributed by atoms with E-state index in [9.17, 15) is 9.59 Å². The predicted octanol–water partition coefficient (Wildman–Crippen LogP) is 3.05. The summed E-state index contributed by atoms with van der Waals surface area (Å²) in [6.07, 6.45) is 3.67. The van der Waals surface area contributed by atoms with Crippen molar-refractivity contribution in [3.63, 3.8) is 0 Å². The molecule has 21 heavy (non-hydrogen) atoms. The summed E-state index contributed by atoms with van der Waals surface area (Å²) < 4.78 is 3.99. The van der Waals surface area contributed by atoms with Gasteiger partial charge in [-0.3, -0.25) is 9.59 Å². The van der Waals surface area contributed by atoms with Crippen LogP contribution in [0, 0.1) is 17.3 Å². The van der Waals surface area contributed by atoms with E-state index < -0.39 is 15.7 Å². The summed E-state index contributed by atoms with van der Waals surface area (Å²) in [5, 5.41) is 2.96. The number of nitrogens with one attached hydrogen (secondary N) is 1. The first-order chi connectivity index (χ1) is 9.67. The third-order valence-corrected chi connectivity index (χ3v) is 6.20. The molecule has 4 atom stereocenters. The number of amides is 1. The third-order valence-electron chi connectivity index (χ3n) is 5.10. The topological polar surface area (TPSA) is 55.4 Å². The van der Waals surface area contributed by atoms with Gasteiger partial charge in [0.05, 0.1) is 0 Å². The van der Waals surface area contributed by atoms with E-state index in [0.29, 0.717) is 18.3 Å². The van der Waals surface area contributed by atoms with E-state index in [2.05, 4.69) is 19.2 Å². The highest BCUT2D eigenvalue weighted by molar-refractivity contribution is 6.53. The first-order valence-electron chi connectivity index (χ1n) is 7.52. The molecule has 0 radical (unpaired) electrons. The second kappa shape index (κ2) is 5.96. The highest BCUT2D eigenvalue weighted by Crippen LogP contribution is 2.64. The van der Waals surface area contributed by atoms with Crippen LogP contribution >= 0.6 is 23.2 Å². The molecular weight excluding hydrogens is 313 g/mol. The molecule has 0 aliphatic heterocycles. The van der Waals surface area contributed by atoms with Gasteiger partial charge in [0.25, 0.3) is 5.91 Å². The molecule has 0 unspecified atom stereocenters. The standard InChI is InChI=1S/C15H23Cl2NO3/c1-9-5-4-6-11(10(9)2)18-12(19)7-21-13(20)14(3)8-15(14,16)17/h9-11H,4-8H2,1-3H3,(H,18,19)/t9-,10+,11+,14-/m1/s1. The van der Waals surface area contributed by atoms with Crippen LogP contribution in [-0.4, -0.2) is 28.9 Å². The lowest BCUT2D eigenvalue weighted by Gasteiger charge is -2.34. The SMILES string of the molecule is C[C@H]1[C@H](C)CCC[C@@H]1NC(=O)COC(=O)[C@@]1(C)CC1(Cl)Cl. The number of esters is 1. The first-order valence-corrected chi connectivity index (χ1v) is 8.27. The summed E-state index contributed by atoms with van der Waals surface area (Å²) >= 11 is 11.8. The van der Waals surface area contributed by atoms with Gasteiger partial charge in [0, 0.05) is 12.5 Å². The Morgan fingerprint density at radius 2 is 1.90 bits per heavy atom. The van der Waals surface area contributed by atoms with E-state index in [1.807, 2.05) is 0 Å². The van der Waals surface area contributed by atoms with E-state index in [0.717, 1.165) is 12.8 Å². The van der Waals surface area contributed by atoms with Crippen molar-refractivity contribution in [1.82, 2.24) is 5.32 Å². The molecule has 1 N–H and O–H groups in total. The Hall–Kier alpha value is -0.480. The van der Waals surface area contributed by atoms with Crippen molar-refractivity contribution in [3.05, 3.63) is 0 Å². The maximum absolute atomic E-state index is 11.9. The van der Waals surface area contributed by atoms with Gasteiger partial charge >= 0.3 is 5.97 Å². The lowest BCUT2D eigenvalue weighted by atomic mass is 9.78. The zero-order valence-electron chi connectivity index (χ0n) is 12.7. The molecule has 120 valence electrons. The van der Waals surface area contributed by atoms with Gasteiger partial charge in [0.2, 0.25) is 0 Å². The Bertz CT molecular complexity index is 441. The van der Waals surface area contributed by atoms with Crippen molar-refractivity contribution < 1.29 is 14.3 Å². The minimum atomic E-state index is -1.06. The fourth-order valence-electron chi connectivity index (χ4n) is 2.95. The number of hydrogen-bond donors (Lipinski definition) is 1. The number of hydrogen-bond acceptors (Lipinski definition) is 3. The zero-order valence-corrected chi connectivity index (χ0v) is 14.3. The lowest BCUT2D eigenvalue weighted by molar-refractivity contribution is -0.153. The van der Waals surface area contributed by atoms with Gasteiger partial charge in [0.1, 0.15) is 9.75 Å². The molecule has 0 heterocycles. The Labute approximate surface area is 135 Å². The monoisotopic (exact) mass is 335 g/mol.